The van der Waals surface area contributed by atoms with Crippen LogP contribution in [0.4, 0.5) is 0 Å². The lowest BCUT2D eigenvalue weighted by Gasteiger charge is -2.23. The van der Waals surface area contributed by atoms with Crippen molar-refractivity contribution in [2.75, 3.05) is 13.1 Å². The Morgan fingerprint density at radius 1 is 1.33 bits per heavy atom. The molecule has 0 aliphatic carbocycles. The van der Waals surface area contributed by atoms with Gasteiger partial charge >= 0.3 is 0 Å². The number of hydrogen-bond acceptors (Lipinski definition) is 1. The first-order valence-corrected chi connectivity index (χ1v) is 6.00. The Morgan fingerprint density at radius 3 is 2.20 bits per heavy atom. The number of carbonyl (C=O) groups is 1. The molecule has 2 atom stereocenters. The Labute approximate surface area is 94.4 Å². The van der Waals surface area contributed by atoms with Gasteiger partial charge in [-0.1, -0.05) is 19.9 Å². The molecule has 0 N–H and O–H groups in total. The van der Waals surface area contributed by atoms with Gasteiger partial charge in [0.2, 0.25) is 5.91 Å². The van der Waals surface area contributed by atoms with Gasteiger partial charge < -0.3 is 4.90 Å². The average molecular weight is 211 g/mol. The maximum atomic E-state index is 11.8. The number of nitrogens with zero attached hydrogens (tertiary/aromatic N) is 1. The summed E-state index contributed by atoms with van der Waals surface area (Å²) in [6.07, 6.45) is 3.68. The maximum absolute atomic E-state index is 11.8. The zero-order valence-corrected chi connectivity index (χ0v) is 10.6. The second-order valence-corrected chi connectivity index (χ2v) is 4.06. The fourth-order valence-corrected chi connectivity index (χ4v) is 1.93. The summed E-state index contributed by atoms with van der Waals surface area (Å²) in [6, 6.07) is 0. The van der Waals surface area contributed by atoms with Crippen LogP contribution in [0, 0.1) is 11.8 Å². The van der Waals surface area contributed by atoms with Gasteiger partial charge in [0.1, 0.15) is 0 Å². The molecule has 0 saturated heterocycles. The first kappa shape index (κ1) is 14.2. The van der Waals surface area contributed by atoms with E-state index in [0.29, 0.717) is 18.3 Å². The molecule has 0 aliphatic heterocycles. The Balaban J connectivity index is 4.20. The molecule has 0 heterocycles. The molecular weight excluding hydrogens is 186 g/mol. The van der Waals surface area contributed by atoms with E-state index in [1.165, 1.54) is 0 Å². The van der Waals surface area contributed by atoms with E-state index in [1.807, 2.05) is 24.8 Å². The lowest BCUT2D eigenvalue weighted by Crippen LogP contribution is -2.32. The highest BCUT2D eigenvalue weighted by Gasteiger charge is 2.18. The quantitative estimate of drug-likeness (QED) is 0.593. The Kier molecular flexibility index (Phi) is 7.10. The van der Waals surface area contributed by atoms with E-state index in [0.717, 1.165) is 19.5 Å². The van der Waals surface area contributed by atoms with Crippen LogP contribution in [0.3, 0.4) is 0 Å². The van der Waals surface area contributed by atoms with Crippen molar-refractivity contribution in [2.24, 2.45) is 11.8 Å². The van der Waals surface area contributed by atoms with Gasteiger partial charge in [0, 0.05) is 19.5 Å². The van der Waals surface area contributed by atoms with Crippen molar-refractivity contribution in [3.05, 3.63) is 12.7 Å². The first-order chi connectivity index (χ1) is 7.10. The van der Waals surface area contributed by atoms with Gasteiger partial charge in [-0.15, -0.1) is 6.58 Å². The number of hydrogen-bond donors (Lipinski definition) is 0. The van der Waals surface area contributed by atoms with Crippen LogP contribution in [0.5, 0.6) is 0 Å². The van der Waals surface area contributed by atoms with Crippen molar-refractivity contribution in [1.82, 2.24) is 4.90 Å². The summed E-state index contributed by atoms with van der Waals surface area (Å²) in [5.74, 6) is 1.14. The summed E-state index contributed by atoms with van der Waals surface area (Å²) in [5, 5.41) is 0. The van der Waals surface area contributed by atoms with Gasteiger partial charge in [0.05, 0.1) is 0 Å². The van der Waals surface area contributed by atoms with Gasteiger partial charge in [-0.25, -0.2) is 0 Å². The summed E-state index contributed by atoms with van der Waals surface area (Å²) < 4.78 is 0. The molecule has 0 aromatic heterocycles. The number of rotatable bonds is 7. The number of carbonyl (C=O) groups excluding carboxylic acids is 1. The maximum Gasteiger partial charge on any atom is 0.222 e. The molecule has 0 rings (SSSR count). The van der Waals surface area contributed by atoms with Crippen LogP contribution < -0.4 is 0 Å². The summed E-state index contributed by atoms with van der Waals surface area (Å²) >= 11 is 0. The van der Waals surface area contributed by atoms with Crippen LogP contribution in [0.1, 0.15) is 40.5 Å². The van der Waals surface area contributed by atoms with Crippen molar-refractivity contribution in [1.29, 1.82) is 0 Å². The molecule has 2 nitrogen and oxygen atoms in total. The molecule has 0 spiro atoms. The third-order valence-corrected chi connectivity index (χ3v) is 3.12. The highest BCUT2D eigenvalue weighted by Crippen LogP contribution is 2.20. The fraction of sp³-hybridized carbons (Fsp3) is 0.769. The van der Waals surface area contributed by atoms with Gasteiger partial charge in [-0.05, 0) is 32.1 Å². The molecule has 0 aromatic rings. The van der Waals surface area contributed by atoms with E-state index in [9.17, 15) is 4.79 Å². The lowest BCUT2D eigenvalue weighted by molar-refractivity contribution is -0.131. The molecule has 15 heavy (non-hydrogen) atoms. The van der Waals surface area contributed by atoms with Crippen LogP contribution in [0.2, 0.25) is 0 Å². The van der Waals surface area contributed by atoms with Crippen LogP contribution in [0.15, 0.2) is 12.7 Å². The van der Waals surface area contributed by atoms with Crippen molar-refractivity contribution in [3.63, 3.8) is 0 Å². The molecular formula is C13H25NO. The predicted molar refractivity (Wildman–Crippen MR) is 65.7 cm³/mol. The second-order valence-electron chi connectivity index (χ2n) is 4.06. The third kappa shape index (κ3) is 4.50. The molecule has 2 unspecified atom stereocenters. The van der Waals surface area contributed by atoms with Crippen LogP contribution in [-0.2, 0) is 4.79 Å². The Bertz CT molecular complexity index is 197. The van der Waals surface area contributed by atoms with Crippen molar-refractivity contribution in [3.8, 4) is 0 Å². The molecule has 0 aromatic carbocycles. The average Bonchev–Trinajstić information content (AvgIpc) is 2.21. The van der Waals surface area contributed by atoms with Crippen molar-refractivity contribution >= 4 is 5.91 Å². The van der Waals surface area contributed by atoms with Gasteiger partial charge in [-0.3, -0.25) is 4.79 Å². The molecule has 0 bridgehead atoms. The zero-order chi connectivity index (χ0) is 11.8. The molecule has 1 amide bonds. The molecule has 88 valence electrons. The molecule has 0 saturated carbocycles. The summed E-state index contributed by atoms with van der Waals surface area (Å²) in [6.45, 7) is 13.8. The largest absolute Gasteiger partial charge is 0.343 e. The lowest BCUT2D eigenvalue weighted by atomic mass is 9.89. The highest BCUT2D eigenvalue weighted by molar-refractivity contribution is 5.76. The van der Waals surface area contributed by atoms with E-state index in [4.69, 9.17) is 0 Å². The molecule has 0 radical (unpaired) electrons. The van der Waals surface area contributed by atoms with Gasteiger partial charge in [-0.2, -0.15) is 0 Å². The van der Waals surface area contributed by atoms with E-state index in [-0.39, 0.29) is 5.91 Å². The highest BCUT2D eigenvalue weighted by atomic mass is 16.2. The van der Waals surface area contributed by atoms with E-state index < -0.39 is 0 Å². The summed E-state index contributed by atoms with van der Waals surface area (Å²) in [7, 11) is 0. The SMILES string of the molecule is C=CC(CC)C(C)CC(=O)N(CC)CC. The Hall–Kier alpha value is -0.790. The van der Waals surface area contributed by atoms with Gasteiger partial charge in [0.25, 0.3) is 0 Å². The van der Waals surface area contributed by atoms with Crippen molar-refractivity contribution < 1.29 is 4.79 Å². The van der Waals surface area contributed by atoms with Gasteiger partial charge in [0.15, 0.2) is 0 Å². The first-order valence-electron chi connectivity index (χ1n) is 6.00. The molecule has 0 fully saturated rings. The van der Waals surface area contributed by atoms with Crippen LogP contribution >= 0.6 is 0 Å². The minimum absolute atomic E-state index is 0.271. The number of allylic oxidation sites excluding steroid dienone is 1. The molecule has 0 aliphatic rings. The zero-order valence-electron chi connectivity index (χ0n) is 10.6. The standard InChI is InChI=1S/C13H25NO/c1-6-12(7-2)11(5)10-13(15)14(8-3)9-4/h6,11-12H,1,7-10H2,2-5H3. The van der Waals surface area contributed by atoms with E-state index in [1.54, 1.807) is 0 Å². The van der Waals surface area contributed by atoms with Crippen LogP contribution in [0.25, 0.3) is 0 Å². The number of amides is 1. The predicted octanol–water partition coefficient (Wildman–Crippen LogP) is 3.09. The third-order valence-electron chi connectivity index (χ3n) is 3.12. The minimum atomic E-state index is 0.271. The monoisotopic (exact) mass is 211 g/mol. The minimum Gasteiger partial charge on any atom is -0.343 e. The van der Waals surface area contributed by atoms with Crippen molar-refractivity contribution in [2.45, 2.75) is 40.5 Å². The van der Waals surface area contributed by atoms with Crippen LogP contribution in [-0.4, -0.2) is 23.9 Å². The topological polar surface area (TPSA) is 20.3 Å². The molecule has 2 heteroatoms. The summed E-state index contributed by atoms with van der Waals surface area (Å²) in [4.78, 5) is 13.7. The normalized spacial score (nSPS) is 14.4. The second kappa shape index (κ2) is 7.49. The van der Waals surface area contributed by atoms with E-state index >= 15 is 0 Å². The summed E-state index contributed by atoms with van der Waals surface area (Å²) in [5.41, 5.74) is 0. The Morgan fingerprint density at radius 2 is 1.87 bits per heavy atom. The fourth-order valence-electron chi connectivity index (χ4n) is 1.93. The van der Waals surface area contributed by atoms with E-state index in [2.05, 4.69) is 20.4 Å². The smallest absolute Gasteiger partial charge is 0.222 e.